The number of hydrogen-bond acceptors (Lipinski definition) is 6. The van der Waals surface area contributed by atoms with Gasteiger partial charge in [0.2, 0.25) is 0 Å². The summed E-state index contributed by atoms with van der Waals surface area (Å²) in [5.74, 6) is -80.3. The lowest BCUT2D eigenvalue weighted by atomic mass is 9.87. The van der Waals surface area contributed by atoms with Crippen molar-refractivity contribution in [3.63, 3.8) is 0 Å². The third kappa shape index (κ3) is 9.19. The van der Waals surface area contributed by atoms with E-state index in [1.54, 1.807) is 5.32 Å². The molecule has 0 atom stereocenters. The third-order valence-electron chi connectivity index (χ3n) is 6.41. The molecule has 0 aromatic carbocycles. The zero-order chi connectivity index (χ0) is 42.4. The van der Waals surface area contributed by atoms with E-state index in [-0.39, 0.29) is 0 Å². The van der Waals surface area contributed by atoms with Gasteiger partial charge in [-0.3, -0.25) is 0 Å². The molecule has 0 saturated carbocycles. The van der Waals surface area contributed by atoms with Gasteiger partial charge in [0.1, 0.15) is 0 Å². The lowest BCUT2D eigenvalue weighted by Crippen LogP contribution is -2.74. The van der Waals surface area contributed by atoms with Gasteiger partial charge in [-0.05, 0) is 19.0 Å². The summed E-state index contributed by atoms with van der Waals surface area (Å²) in [4.78, 5) is 38.4. The molecule has 0 aromatic rings. The second kappa shape index (κ2) is 14.7. The molecule has 0 heterocycles. The molecular formula is C20H21F24NO5Si2. The van der Waals surface area contributed by atoms with Gasteiger partial charge in [-0.1, -0.05) is 0 Å². The molecule has 0 aliphatic heterocycles. The van der Waals surface area contributed by atoms with Crippen molar-refractivity contribution < 1.29 is 129 Å². The highest BCUT2D eigenvalue weighted by Gasteiger charge is 2.94. The fourth-order valence-corrected chi connectivity index (χ4v) is 7.49. The number of alkyl halides is 23. The number of hydrogen-bond donors (Lipinski definition) is 5. The van der Waals surface area contributed by atoms with Gasteiger partial charge in [0.05, 0.1) is 0 Å². The van der Waals surface area contributed by atoms with Crippen LogP contribution in [0, 0.1) is 0 Å². The molecule has 5 N–H and O–H groups in total. The van der Waals surface area contributed by atoms with Gasteiger partial charge in [-0.15, -0.1) is 0 Å². The van der Waals surface area contributed by atoms with E-state index in [9.17, 15) is 125 Å². The topological polar surface area (TPSA) is 102 Å². The standard InChI is InChI=1S/C20H21F24NO5Si2/c1-10(22,23)13(28,29)16(34,35)18(38,39)19(40,41)17(36,37)14(30,31)11(24,25)4-8-52(48,49)50-51(46,47)7-2-5-45-6-3-9(21)12(26,27)15(32,33)20(42,43)44/h3,45-49H,2,4-8H2,1H3/b9-3-. The molecule has 0 rings (SSSR count). The Kier molecular flexibility index (Phi) is 14.2. The summed E-state index contributed by atoms with van der Waals surface area (Å²) in [6.07, 6.45) is -11.7. The molecule has 0 bridgehead atoms. The summed E-state index contributed by atoms with van der Waals surface area (Å²) in [5, 5.41) is 1.80. The van der Waals surface area contributed by atoms with Crippen molar-refractivity contribution in [3.8, 4) is 0 Å². The Hall–Kier alpha value is -1.75. The molecule has 0 amide bonds. The van der Waals surface area contributed by atoms with E-state index in [4.69, 9.17) is 0 Å². The van der Waals surface area contributed by atoms with Gasteiger partial charge in [-0.2, -0.15) is 101 Å². The van der Waals surface area contributed by atoms with Crippen LogP contribution in [-0.2, 0) is 4.12 Å². The van der Waals surface area contributed by atoms with Crippen LogP contribution in [0.15, 0.2) is 11.9 Å². The van der Waals surface area contributed by atoms with E-state index in [2.05, 4.69) is 4.12 Å². The maximum Gasteiger partial charge on any atom is 0.488 e. The van der Waals surface area contributed by atoms with E-state index in [0.29, 0.717) is 0 Å². The zero-order valence-electron chi connectivity index (χ0n) is 24.6. The Morgan fingerprint density at radius 3 is 1.31 bits per heavy atom. The Morgan fingerprint density at radius 2 is 0.923 bits per heavy atom. The first-order valence-corrected chi connectivity index (χ1v) is 16.8. The zero-order valence-corrected chi connectivity index (χ0v) is 26.6. The summed E-state index contributed by atoms with van der Waals surface area (Å²) in [7, 11) is -12.1. The fourth-order valence-electron chi connectivity index (χ4n) is 3.30. The molecule has 0 aliphatic rings. The SMILES string of the molecule is CC(F)(F)C(F)(F)C(F)(F)C(F)(F)C(F)(F)C(F)(F)C(F)(F)C(F)(F)CC[Si](O)(O)O[Si](O)(O)CCCNC/C=C(\F)C(F)(F)C(F)(F)C(F)(F)F. The predicted molar refractivity (Wildman–Crippen MR) is 124 cm³/mol. The number of halogens is 24. The third-order valence-corrected chi connectivity index (χ3v) is 10.9. The minimum Gasteiger partial charge on any atom is -0.390 e. The first kappa shape index (κ1) is 50.3. The summed E-state index contributed by atoms with van der Waals surface area (Å²) in [6.45, 7) is -3.46. The quantitative estimate of drug-likeness (QED) is 0.0514. The highest BCUT2D eigenvalue weighted by Crippen LogP contribution is 2.64. The first-order chi connectivity index (χ1) is 22.3. The van der Waals surface area contributed by atoms with Crippen LogP contribution in [0.5, 0.6) is 0 Å². The molecule has 0 unspecified atom stereocenters. The average molecular weight is 868 g/mol. The normalized spacial score (nSPS) is 16.5. The maximum absolute atomic E-state index is 14.1. The molecule has 32 heteroatoms. The van der Waals surface area contributed by atoms with Crippen LogP contribution in [0.4, 0.5) is 105 Å². The highest BCUT2D eigenvalue weighted by atomic mass is 28.5. The minimum absolute atomic E-state index is 0.543. The summed E-state index contributed by atoms with van der Waals surface area (Å²) in [6, 6.07) is -3.94. The molecule has 312 valence electrons. The maximum atomic E-state index is 14.1. The second-order valence-corrected chi connectivity index (χ2v) is 15.4. The van der Waals surface area contributed by atoms with Gasteiger partial charge in [-0.25, -0.2) is 4.39 Å². The van der Waals surface area contributed by atoms with Gasteiger partial charge in [0, 0.05) is 32.0 Å². The Labute approximate surface area is 274 Å². The monoisotopic (exact) mass is 867 g/mol. The van der Waals surface area contributed by atoms with Crippen molar-refractivity contribution in [2.75, 3.05) is 13.1 Å². The first-order valence-electron chi connectivity index (χ1n) is 12.8. The number of allylic oxidation sites excluding steroid dienone is 1. The number of rotatable bonds is 20. The summed E-state index contributed by atoms with van der Waals surface area (Å²) < 4.78 is 323. The Balaban J connectivity index is 5.72. The van der Waals surface area contributed by atoms with Crippen molar-refractivity contribution in [2.24, 2.45) is 0 Å². The highest BCUT2D eigenvalue weighted by molar-refractivity contribution is 6.72. The molecule has 0 aromatic heterocycles. The summed E-state index contributed by atoms with van der Waals surface area (Å²) in [5.41, 5.74) is 0. The van der Waals surface area contributed by atoms with Crippen molar-refractivity contribution in [3.05, 3.63) is 11.9 Å². The van der Waals surface area contributed by atoms with E-state index >= 15 is 0 Å². The van der Waals surface area contributed by atoms with Crippen LogP contribution >= 0.6 is 0 Å². The summed E-state index contributed by atoms with van der Waals surface area (Å²) >= 11 is 0. The van der Waals surface area contributed by atoms with E-state index in [1.807, 2.05) is 0 Å². The van der Waals surface area contributed by atoms with Gasteiger partial charge in [0.25, 0.3) is 0 Å². The predicted octanol–water partition coefficient (Wildman–Crippen LogP) is 7.01. The van der Waals surface area contributed by atoms with Gasteiger partial charge >= 0.3 is 83.0 Å². The van der Waals surface area contributed by atoms with Crippen molar-refractivity contribution in [1.82, 2.24) is 5.32 Å². The van der Waals surface area contributed by atoms with Crippen LogP contribution in [-0.4, -0.2) is 115 Å². The minimum atomic E-state index is -8.74. The van der Waals surface area contributed by atoms with Crippen molar-refractivity contribution in [2.45, 2.75) is 97.3 Å². The van der Waals surface area contributed by atoms with E-state index < -0.39 is 140 Å². The van der Waals surface area contributed by atoms with E-state index in [0.717, 1.165) is 0 Å². The fraction of sp³-hybridized carbons (Fsp3) is 0.900. The van der Waals surface area contributed by atoms with Crippen LogP contribution < -0.4 is 5.32 Å². The smallest absolute Gasteiger partial charge is 0.390 e. The van der Waals surface area contributed by atoms with Crippen molar-refractivity contribution >= 4 is 17.6 Å². The average Bonchev–Trinajstić information content (AvgIpc) is 2.91. The van der Waals surface area contributed by atoms with Crippen LogP contribution in [0.25, 0.3) is 0 Å². The second-order valence-electron chi connectivity index (χ2n) is 10.6. The van der Waals surface area contributed by atoms with Crippen LogP contribution in [0.2, 0.25) is 12.1 Å². The molecule has 6 nitrogen and oxygen atoms in total. The lowest BCUT2D eigenvalue weighted by Gasteiger charge is -2.43. The van der Waals surface area contributed by atoms with Gasteiger partial charge in [0.15, 0.2) is 5.83 Å². The molecule has 0 spiro atoms. The van der Waals surface area contributed by atoms with E-state index in [1.165, 1.54) is 0 Å². The van der Waals surface area contributed by atoms with Crippen LogP contribution in [0.3, 0.4) is 0 Å². The lowest BCUT2D eigenvalue weighted by molar-refractivity contribution is -0.452. The largest absolute Gasteiger partial charge is 0.488 e. The Bertz CT molecular complexity index is 1250. The molecule has 0 fully saturated rings. The molecule has 0 radical (unpaired) electrons. The van der Waals surface area contributed by atoms with Crippen molar-refractivity contribution in [1.29, 1.82) is 0 Å². The number of nitrogens with one attached hydrogen (secondary N) is 1. The molecule has 52 heavy (non-hydrogen) atoms. The van der Waals surface area contributed by atoms with Crippen LogP contribution in [0.1, 0.15) is 19.8 Å². The molecule has 0 saturated heterocycles. The Morgan fingerprint density at radius 1 is 0.558 bits per heavy atom. The molecule has 0 aliphatic carbocycles. The van der Waals surface area contributed by atoms with Gasteiger partial charge < -0.3 is 28.6 Å². The molecular weight excluding hydrogens is 846 g/mol.